The second kappa shape index (κ2) is 8.00. The maximum Gasteiger partial charge on any atom is 0.225 e. The molecule has 0 amide bonds. The number of fused-ring (bicyclic) bond motifs is 1. The molecule has 2 N–H and O–H groups in total. The van der Waals surface area contributed by atoms with Gasteiger partial charge in [-0.1, -0.05) is 31.4 Å². The zero-order valence-electron chi connectivity index (χ0n) is 15.0. The van der Waals surface area contributed by atoms with Gasteiger partial charge in [-0.3, -0.25) is 0 Å². The monoisotopic (exact) mass is 339 g/mol. The zero-order valence-corrected chi connectivity index (χ0v) is 15.0. The molecular formula is C20H29N5. The van der Waals surface area contributed by atoms with Crippen molar-refractivity contribution < 1.29 is 0 Å². The predicted molar refractivity (Wildman–Crippen MR) is 104 cm³/mol. The summed E-state index contributed by atoms with van der Waals surface area (Å²) in [7, 11) is 0. The summed E-state index contributed by atoms with van der Waals surface area (Å²) >= 11 is 0. The van der Waals surface area contributed by atoms with E-state index in [1.807, 2.05) is 0 Å². The number of nitrogens with zero attached hydrogens (tertiary/aromatic N) is 3. The zero-order chi connectivity index (χ0) is 16.9. The van der Waals surface area contributed by atoms with Crippen LogP contribution in [0.25, 0.3) is 10.9 Å². The van der Waals surface area contributed by atoms with Gasteiger partial charge in [-0.2, -0.15) is 4.98 Å². The molecule has 0 spiro atoms. The summed E-state index contributed by atoms with van der Waals surface area (Å²) in [5, 5.41) is 8.28. The minimum absolute atomic E-state index is 0.417. The number of benzene rings is 1. The van der Waals surface area contributed by atoms with E-state index in [0.29, 0.717) is 6.04 Å². The third-order valence-electron chi connectivity index (χ3n) is 5.37. The van der Waals surface area contributed by atoms with Gasteiger partial charge in [0.15, 0.2) is 0 Å². The highest BCUT2D eigenvalue weighted by Gasteiger charge is 2.18. The van der Waals surface area contributed by atoms with Crippen molar-refractivity contribution in [3.05, 3.63) is 24.3 Å². The molecule has 1 aromatic carbocycles. The lowest BCUT2D eigenvalue weighted by Crippen LogP contribution is -2.32. The maximum atomic E-state index is 4.97. The summed E-state index contributed by atoms with van der Waals surface area (Å²) in [4.78, 5) is 12.2. The van der Waals surface area contributed by atoms with Gasteiger partial charge in [-0.05, 0) is 44.4 Å². The van der Waals surface area contributed by atoms with Gasteiger partial charge in [0.25, 0.3) is 0 Å². The summed E-state index contributed by atoms with van der Waals surface area (Å²) in [5.41, 5.74) is 1.04. The summed E-state index contributed by atoms with van der Waals surface area (Å²) < 4.78 is 0. The second-order valence-electron chi connectivity index (χ2n) is 7.33. The third kappa shape index (κ3) is 4.03. The summed E-state index contributed by atoms with van der Waals surface area (Å²) in [6.45, 7) is 4.32. The topological polar surface area (TPSA) is 53.1 Å². The first-order valence-electron chi connectivity index (χ1n) is 9.89. The van der Waals surface area contributed by atoms with Crippen molar-refractivity contribution in [1.29, 1.82) is 0 Å². The van der Waals surface area contributed by atoms with Gasteiger partial charge in [0.1, 0.15) is 5.82 Å². The molecule has 0 bridgehead atoms. The van der Waals surface area contributed by atoms with Crippen molar-refractivity contribution >= 4 is 22.7 Å². The Bertz CT molecular complexity index is 686. The highest BCUT2D eigenvalue weighted by molar-refractivity contribution is 5.90. The van der Waals surface area contributed by atoms with Gasteiger partial charge in [-0.25, -0.2) is 4.98 Å². The minimum Gasteiger partial charge on any atom is -0.356 e. The van der Waals surface area contributed by atoms with Crippen LogP contribution in [0.5, 0.6) is 0 Å². The number of nitrogens with one attached hydrogen (secondary N) is 2. The Balaban J connectivity index is 1.65. The summed E-state index contributed by atoms with van der Waals surface area (Å²) in [6.07, 6.45) is 8.88. The van der Waals surface area contributed by atoms with Crippen LogP contribution in [0.15, 0.2) is 24.3 Å². The Morgan fingerprint density at radius 3 is 2.68 bits per heavy atom. The molecule has 5 nitrogen and oxygen atoms in total. The maximum absolute atomic E-state index is 4.97. The molecule has 2 aliphatic rings. The van der Waals surface area contributed by atoms with Crippen molar-refractivity contribution in [2.45, 2.75) is 51.0 Å². The molecule has 1 atom stereocenters. The molecule has 5 heteroatoms. The molecule has 25 heavy (non-hydrogen) atoms. The van der Waals surface area contributed by atoms with Gasteiger partial charge in [-0.15, -0.1) is 0 Å². The van der Waals surface area contributed by atoms with Crippen molar-refractivity contribution in [3.8, 4) is 0 Å². The highest BCUT2D eigenvalue weighted by Crippen LogP contribution is 2.27. The van der Waals surface area contributed by atoms with Crippen LogP contribution < -0.4 is 15.5 Å². The van der Waals surface area contributed by atoms with Crippen LogP contribution in [0.2, 0.25) is 0 Å². The predicted octanol–water partition coefficient (Wildman–Crippen LogP) is 3.56. The van der Waals surface area contributed by atoms with E-state index in [4.69, 9.17) is 9.97 Å². The van der Waals surface area contributed by atoms with Gasteiger partial charge >= 0.3 is 0 Å². The van der Waals surface area contributed by atoms with Crippen LogP contribution in [0.1, 0.15) is 44.9 Å². The van der Waals surface area contributed by atoms with Gasteiger partial charge in [0.2, 0.25) is 5.95 Å². The lowest BCUT2D eigenvalue weighted by atomic mass is 10.1. The number of para-hydroxylation sites is 1. The quantitative estimate of drug-likeness (QED) is 0.895. The first-order chi connectivity index (χ1) is 12.4. The van der Waals surface area contributed by atoms with E-state index in [1.165, 1.54) is 50.3 Å². The summed E-state index contributed by atoms with van der Waals surface area (Å²) in [6, 6.07) is 8.84. The Morgan fingerprint density at radius 2 is 1.80 bits per heavy atom. The molecular weight excluding hydrogens is 310 g/mol. The lowest BCUT2D eigenvalue weighted by molar-refractivity contribution is 0.631. The molecule has 1 aromatic heterocycles. The van der Waals surface area contributed by atoms with Crippen molar-refractivity contribution in [2.75, 3.05) is 36.4 Å². The van der Waals surface area contributed by atoms with E-state index in [1.54, 1.807) is 0 Å². The molecule has 0 unspecified atom stereocenters. The normalized spacial score (nSPS) is 22.4. The lowest BCUT2D eigenvalue weighted by Gasteiger charge is -2.24. The van der Waals surface area contributed by atoms with Crippen LogP contribution in [-0.2, 0) is 0 Å². The smallest absolute Gasteiger partial charge is 0.225 e. The molecule has 2 saturated heterocycles. The number of aromatic nitrogens is 2. The molecule has 3 heterocycles. The SMILES string of the molecule is c1ccc2c(N3CCCCCC3)nc(N[C@H]3CCCCNC3)nc2c1. The van der Waals surface area contributed by atoms with E-state index in [-0.39, 0.29) is 0 Å². The van der Waals surface area contributed by atoms with E-state index in [0.717, 1.165) is 43.5 Å². The van der Waals surface area contributed by atoms with E-state index < -0.39 is 0 Å². The first-order valence-corrected chi connectivity index (χ1v) is 9.89. The molecule has 2 fully saturated rings. The second-order valence-corrected chi connectivity index (χ2v) is 7.33. The molecule has 4 rings (SSSR count). The molecule has 2 aromatic rings. The number of hydrogen-bond acceptors (Lipinski definition) is 5. The molecule has 0 aliphatic carbocycles. The molecule has 2 aliphatic heterocycles. The minimum atomic E-state index is 0.417. The van der Waals surface area contributed by atoms with Gasteiger partial charge < -0.3 is 15.5 Å². The fourth-order valence-corrected chi connectivity index (χ4v) is 3.97. The Labute approximate surface area is 150 Å². The van der Waals surface area contributed by atoms with Crippen molar-refractivity contribution in [2.24, 2.45) is 0 Å². The fraction of sp³-hybridized carbons (Fsp3) is 0.600. The molecule has 0 saturated carbocycles. The van der Waals surface area contributed by atoms with Crippen molar-refractivity contribution in [3.63, 3.8) is 0 Å². The molecule has 134 valence electrons. The number of anilines is 2. The average molecular weight is 339 g/mol. The Hall–Kier alpha value is -1.88. The molecule has 0 radical (unpaired) electrons. The van der Waals surface area contributed by atoms with E-state index >= 15 is 0 Å². The third-order valence-corrected chi connectivity index (χ3v) is 5.37. The van der Waals surface area contributed by atoms with Crippen LogP contribution in [-0.4, -0.2) is 42.2 Å². The Kier molecular flexibility index (Phi) is 5.31. The van der Waals surface area contributed by atoms with Crippen molar-refractivity contribution in [1.82, 2.24) is 15.3 Å². The number of hydrogen-bond donors (Lipinski definition) is 2. The standard InChI is InChI=1S/C20H29N5/c1-2-8-14-25(13-7-1)19-17-10-3-4-11-18(17)23-20(24-19)22-16-9-5-6-12-21-15-16/h3-4,10-11,16,21H,1-2,5-9,12-15H2,(H,22,23,24)/t16-/m0/s1. The van der Waals surface area contributed by atoms with Gasteiger partial charge in [0, 0.05) is 31.1 Å². The van der Waals surface area contributed by atoms with Crippen LogP contribution >= 0.6 is 0 Å². The van der Waals surface area contributed by atoms with Gasteiger partial charge in [0.05, 0.1) is 5.52 Å². The highest BCUT2D eigenvalue weighted by atomic mass is 15.2. The summed E-state index contributed by atoms with van der Waals surface area (Å²) in [5.74, 6) is 1.89. The van der Waals surface area contributed by atoms with E-state index in [9.17, 15) is 0 Å². The van der Waals surface area contributed by atoms with Crippen LogP contribution in [0.3, 0.4) is 0 Å². The van der Waals surface area contributed by atoms with Crippen LogP contribution in [0.4, 0.5) is 11.8 Å². The largest absolute Gasteiger partial charge is 0.356 e. The van der Waals surface area contributed by atoms with Crippen LogP contribution in [0, 0.1) is 0 Å². The number of rotatable bonds is 3. The fourth-order valence-electron chi connectivity index (χ4n) is 3.97. The first kappa shape index (κ1) is 16.6. The Morgan fingerprint density at radius 1 is 0.960 bits per heavy atom. The van der Waals surface area contributed by atoms with E-state index in [2.05, 4.69) is 39.8 Å². The average Bonchev–Trinajstić information content (AvgIpc) is 3.06.